The van der Waals surface area contributed by atoms with Crippen molar-refractivity contribution in [3.63, 3.8) is 0 Å². The summed E-state index contributed by atoms with van der Waals surface area (Å²) in [6.07, 6.45) is -4.88. The molecule has 1 saturated heterocycles. The molecule has 0 saturated carbocycles. The van der Waals surface area contributed by atoms with Crippen LogP contribution in [0, 0.1) is 0 Å². The Hall–Kier alpha value is -2.46. The maximum absolute atomic E-state index is 12.6. The molecule has 6 nitrogen and oxygen atoms in total. The van der Waals surface area contributed by atoms with Gasteiger partial charge in [-0.1, -0.05) is 27.5 Å². The second-order valence-electron chi connectivity index (χ2n) is 6.74. The number of rotatable bonds is 4. The van der Waals surface area contributed by atoms with Crippen molar-refractivity contribution in [3.8, 4) is 5.75 Å². The zero-order chi connectivity index (χ0) is 22.8. The Kier molecular flexibility index (Phi) is 7.00. The molecule has 1 N–H and O–H groups in total. The number of nitrogens with zero attached hydrogens (tertiary/aromatic N) is 2. The van der Waals surface area contributed by atoms with Crippen molar-refractivity contribution < 1.29 is 27.5 Å². The van der Waals surface area contributed by atoms with Gasteiger partial charge < -0.3 is 19.9 Å². The number of hydrogen-bond donors (Lipinski definition) is 1. The monoisotopic (exact) mass is 519 g/mol. The Balaban J connectivity index is 1.68. The molecule has 1 aliphatic heterocycles. The molecule has 1 heterocycles. The van der Waals surface area contributed by atoms with Crippen LogP contribution in [0.4, 0.5) is 24.5 Å². The Morgan fingerprint density at radius 2 is 1.77 bits per heavy atom. The van der Waals surface area contributed by atoms with Crippen molar-refractivity contribution in [2.24, 2.45) is 0 Å². The standard InChI is InChI=1S/C20H18BrClF3N3O3/c1-31-17-5-2-12(21)10-14(17)18(29)26-13-3-4-16(15(22)11-13)27-6-8-28(9-7-27)19(30)20(23,24)25/h2-5,10-11H,6-9H2,1H3,(H,26,29). The van der Waals surface area contributed by atoms with Crippen LogP contribution >= 0.6 is 27.5 Å². The average Bonchev–Trinajstić information content (AvgIpc) is 2.73. The van der Waals surface area contributed by atoms with E-state index in [0.29, 0.717) is 27.7 Å². The first-order valence-electron chi connectivity index (χ1n) is 9.15. The van der Waals surface area contributed by atoms with Crippen LogP contribution in [0.5, 0.6) is 5.75 Å². The average molecular weight is 521 g/mol. The van der Waals surface area contributed by atoms with Gasteiger partial charge >= 0.3 is 12.1 Å². The zero-order valence-corrected chi connectivity index (χ0v) is 18.6. The molecule has 0 bridgehead atoms. The fourth-order valence-corrected chi connectivity index (χ4v) is 3.89. The predicted molar refractivity (Wildman–Crippen MR) is 115 cm³/mol. The van der Waals surface area contributed by atoms with E-state index in [-0.39, 0.29) is 32.1 Å². The highest BCUT2D eigenvalue weighted by Crippen LogP contribution is 2.31. The number of piperazine rings is 1. The lowest BCUT2D eigenvalue weighted by molar-refractivity contribution is -0.185. The van der Waals surface area contributed by atoms with Gasteiger partial charge in [-0.25, -0.2) is 0 Å². The van der Waals surface area contributed by atoms with Gasteiger partial charge in [0.05, 0.1) is 23.4 Å². The number of hydrogen-bond acceptors (Lipinski definition) is 4. The smallest absolute Gasteiger partial charge is 0.471 e. The molecule has 166 valence electrons. The number of methoxy groups -OCH3 is 1. The van der Waals surface area contributed by atoms with Crippen LogP contribution in [0.15, 0.2) is 40.9 Å². The van der Waals surface area contributed by atoms with Crippen LogP contribution in [0.1, 0.15) is 10.4 Å². The highest BCUT2D eigenvalue weighted by atomic mass is 79.9. The highest BCUT2D eigenvalue weighted by molar-refractivity contribution is 9.10. The molecule has 11 heteroatoms. The fourth-order valence-electron chi connectivity index (χ4n) is 3.23. The number of anilines is 2. The van der Waals surface area contributed by atoms with E-state index in [1.54, 1.807) is 41.3 Å². The topological polar surface area (TPSA) is 61.9 Å². The van der Waals surface area contributed by atoms with Crippen molar-refractivity contribution >= 4 is 50.7 Å². The lowest BCUT2D eigenvalue weighted by Gasteiger charge is -2.36. The van der Waals surface area contributed by atoms with E-state index >= 15 is 0 Å². The number of alkyl halides is 3. The van der Waals surface area contributed by atoms with E-state index in [4.69, 9.17) is 16.3 Å². The number of amides is 2. The van der Waals surface area contributed by atoms with Crippen LogP contribution in [0.2, 0.25) is 5.02 Å². The van der Waals surface area contributed by atoms with Gasteiger partial charge in [0, 0.05) is 36.3 Å². The van der Waals surface area contributed by atoms with E-state index in [1.165, 1.54) is 7.11 Å². The SMILES string of the molecule is COc1ccc(Br)cc1C(=O)Nc1ccc(N2CCN(C(=O)C(F)(F)F)CC2)c(Cl)c1. The van der Waals surface area contributed by atoms with Crippen molar-refractivity contribution in [3.05, 3.63) is 51.5 Å². The number of benzene rings is 2. The number of carbonyl (C=O) groups excluding carboxylic acids is 2. The van der Waals surface area contributed by atoms with Gasteiger partial charge in [0.25, 0.3) is 5.91 Å². The Morgan fingerprint density at radius 3 is 2.35 bits per heavy atom. The third-order valence-corrected chi connectivity index (χ3v) is 5.56. The van der Waals surface area contributed by atoms with E-state index < -0.39 is 12.1 Å². The van der Waals surface area contributed by atoms with Gasteiger partial charge in [-0.05, 0) is 36.4 Å². The summed E-state index contributed by atoms with van der Waals surface area (Å²) in [4.78, 5) is 26.6. The minimum absolute atomic E-state index is 0.0597. The summed E-state index contributed by atoms with van der Waals surface area (Å²) in [7, 11) is 1.47. The van der Waals surface area contributed by atoms with Gasteiger partial charge in [0.15, 0.2) is 0 Å². The molecular formula is C20H18BrClF3N3O3. The third-order valence-electron chi connectivity index (χ3n) is 4.76. The molecule has 1 aliphatic rings. The molecule has 3 rings (SSSR count). The first-order chi connectivity index (χ1) is 14.6. The van der Waals surface area contributed by atoms with Crippen LogP contribution in [-0.2, 0) is 4.79 Å². The van der Waals surface area contributed by atoms with Gasteiger partial charge in [-0.3, -0.25) is 9.59 Å². The van der Waals surface area contributed by atoms with Crippen molar-refractivity contribution in [2.75, 3.05) is 43.5 Å². The summed E-state index contributed by atoms with van der Waals surface area (Å²) < 4.78 is 43.7. The third kappa shape index (κ3) is 5.43. The van der Waals surface area contributed by atoms with Crippen LogP contribution in [0.3, 0.4) is 0 Å². The summed E-state index contributed by atoms with van der Waals surface area (Å²) in [6.45, 7) is 0.302. The summed E-state index contributed by atoms with van der Waals surface area (Å²) in [5, 5.41) is 3.08. The van der Waals surface area contributed by atoms with E-state index in [0.717, 1.165) is 9.37 Å². The second-order valence-corrected chi connectivity index (χ2v) is 8.06. The molecular weight excluding hydrogens is 503 g/mol. The van der Waals surface area contributed by atoms with E-state index in [1.807, 2.05) is 0 Å². The lowest BCUT2D eigenvalue weighted by Crippen LogP contribution is -2.52. The van der Waals surface area contributed by atoms with Gasteiger partial charge in [0.1, 0.15) is 5.75 Å². The predicted octanol–water partition coefficient (Wildman–Crippen LogP) is 4.57. The van der Waals surface area contributed by atoms with Gasteiger partial charge in [-0.15, -0.1) is 0 Å². The Labute approximate surface area is 190 Å². The van der Waals surface area contributed by atoms with Crippen LogP contribution in [0.25, 0.3) is 0 Å². The first kappa shape index (κ1) is 23.2. The summed E-state index contributed by atoms with van der Waals surface area (Å²) in [5.74, 6) is -1.81. The van der Waals surface area contributed by atoms with Gasteiger partial charge in [-0.2, -0.15) is 13.2 Å². The number of halogens is 5. The first-order valence-corrected chi connectivity index (χ1v) is 10.3. The summed E-state index contributed by atoms with van der Waals surface area (Å²) in [6, 6.07) is 9.94. The van der Waals surface area contributed by atoms with Crippen molar-refractivity contribution in [2.45, 2.75) is 6.18 Å². The van der Waals surface area contributed by atoms with Crippen LogP contribution < -0.4 is 15.0 Å². The van der Waals surface area contributed by atoms with E-state index in [9.17, 15) is 22.8 Å². The molecule has 0 unspecified atom stereocenters. The molecule has 0 atom stereocenters. The quantitative estimate of drug-likeness (QED) is 0.641. The molecule has 0 aromatic heterocycles. The number of ether oxygens (including phenoxy) is 1. The molecule has 2 aromatic carbocycles. The molecule has 0 aliphatic carbocycles. The van der Waals surface area contributed by atoms with E-state index in [2.05, 4.69) is 21.2 Å². The molecule has 0 spiro atoms. The Morgan fingerprint density at radius 1 is 1.10 bits per heavy atom. The second kappa shape index (κ2) is 9.35. The molecule has 2 amide bonds. The minimum atomic E-state index is -4.88. The summed E-state index contributed by atoms with van der Waals surface area (Å²) >= 11 is 9.68. The molecule has 31 heavy (non-hydrogen) atoms. The lowest BCUT2D eigenvalue weighted by atomic mass is 10.1. The number of nitrogens with one attached hydrogen (secondary N) is 1. The molecule has 1 fully saturated rings. The summed E-state index contributed by atoms with van der Waals surface area (Å²) in [5.41, 5.74) is 1.40. The Bertz CT molecular complexity index is 995. The largest absolute Gasteiger partial charge is 0.496 e. The fraction of sp³-hybridized carbons (Fsp3) is 0.300. The number of carbonyl (C=O) groups is 2. The molecule has 0 radical (unpaired) electrons. The van der Waals surface area contributed by atoms with Gasteiger partial charge in [0.2, 0.25) is 0 Å². The highest BCUT2D eigenvalue weighted by Gasteiger charge is 2.43. The normalized spacial score (nSPS) is 14.4. The van der Waals surface area contributed by atoms with Crippen molar-refractivity contribution in [1.29, 1.82) is 0 Å². The molecule has 2 aromatic rings. The minimum Gasteiger partial charge on any atom is -0.496 e. The van der Waals surface area contributed by atoms with Crippen molar-refractivity contribution in [1.82, 2.24) is 4.90 Å². The maximum atomic E-state index is 12.6. The zero-order valence-electron chi connectivity index (χ0n) is 16.3. The van der Waals surface area contributed by atoms with Crippen LogP contribution in [-0.4, -0.2) is 56.2 Å². The maximum Gasteiger partial charge on any atom is 0.471 e.